The molecule has 0 aliphatic heterocycles. The third kappa shape index (κ3) is 42.7. The van der Waals surface area contributed by atoms with Gasteiger partial charge < -0.3 is 11.5 Å². The highest BCUT2D eigenvalue weighted by molar-refractivity contribution is 5.93. The molecule has 7 N–H and O–H groups in total. The molecule has 0 heterocycles. The first-order valence-electron chi connectivity index (χ1n) is 4.49. The molecule has 0 saturated heterocycles. The van der Waals surface area contributed by atoms with Crippen LogP contribution < -0.4 is 16.8 Å². The van der Waals surface area contributed by atoms with Crippen LogP contribution in [-0.2, 0) is 0 Å². The van der Waals surface area contributed by atoms with Crippen LogP contribution in [0.3, 0.4) is 0 Å². The smallest absolute Gasteiger partial charge is 0.192 e. The number of hydrogen-bond donors (Lipinski definition) is 5. The number of halogens is 2. The Labute approximate surface area is 104 Å². The Bertz CT molecular complexity index is 136. The van der Waals surface area contributed by atoms with E-state index in [0.717, 1.165) is 0 Å². The molecule has 0 radical (unpaired) electrons. The quantitative estimate of drug-likeness (QED) is 0.303. The molecule has 0 aliphatic carbocycles. The van der Waals surface area contributed by atoms with E-state index in [1.54, 1.807) is 0 Å². The zero-order valence-electron chi connectivity index (χ0n) is 9.30. The second kappa shape index (κ2) is 19.0. The molecule has 94 valence electrons. The normalized spacial score (nSPS) is 7.07. The Morgan fingerprint density at radius 2 is 1.20 bits per heavy atom. The van der Waals surface area contributed by atoms with Crippen LogP contribution in [0.25, 0.3) is 0 Å². The largest absolute Gasteiger partial charge is 0.370 e. The van der Waals surface area contributed by atoms with Crippen LogP contribution in [0.15, 0.2) is 0 Å². The number of unbranched alkanes of at least 4 members (excludes halogenated alkanes) is 3. The molecular weight excluding hydrogens is 237 g/mol. The Balaban J connectivity index is -0.0000000718. The van der Waals surface area contributed by atoms with E-state index in [9.17, 15) is 0 Å². The molecule has 0 amide bonds. The lowest BCUT2D eigenvalue weighted by atomic mass is 10.2. The first-order valence-corrected chi connectivity index (χ1v) is 4.49. The van der Waals surface area contributed by atoms with E-state index in [1.165, 1.54) is 25.7 Å². The van der Waals surface area contributed by atoms with E-state index in [-0.39, 0.29) is 36.7 Å². The minimum Gasteiger partial charge on any atom is -0.370 e. The van der Waals surface area contributed by atoms with E-state index in [2.05, 4.69) is 13.8 Å². The molecular formula is C8H23Cl2N5. The maximum atomic E-state index is 6.47. The topological polar surface area (TPSA) is 112 Å². The molecule has 0 spiro atoms. The summed E-state index contributed by atoms with van der Waals surface area (Å²) in [7, 11) is 0. The average Bonchev–Trinajstić information content (AvgIpc) is 1.99. The predicted octanol–water partition coefficient (Wildman–Crippen LogP) is 1.79. The van der Waals surface area contributed by atoms with Gasteiger partial charge in [0.2, 0.25) is 0 Å². The van der Waals surface area contributed by atoms with Crippen LogP contribution in [0.4, 0.5) is 0 Å². The van der Waals surface area contributed by atoms with E-state index in [1.807, 2.05) is 5.32 Å². The summed E-state index contributed by atoms with van der Waals surface area (Å²) in [5.74, 6) is -0.625. The van der Waals surface area contributed by atoms with Crippen LogP contribution in [0, 0.1) is 10.8 Å². The first kappa shape index (κ1) is 23.9. The summed E-state index contributed by atoms with van der Waals surface area (Å²) < 4.78 is 0. The molecule has 5 nitrogen and oxygen atoms in total. The number of nitrogens with two attached hydrogens (primary N) is 2. The molecule has 0 fully saturated rings. The van der Waals surface area contributed by atoms with Gasteiger partial charge in [0.25, 0.3) is 0 Å². The van der Waals surface area contributed by atoms with E-state index in [4.69, 9.17) is 22.3 Å². The van der Waals surface area contributed by atoms with E-state index in [0.29, 0.717) is 0 Å². The van der Waals surface area contributed by atoms with E-state index < -0.39 is 0 Å². The molecule has 0 unspecified atom stereocenters. The first-order chi connectivity index (χ1) is 6.04. The maximum Gasteiger partial charge on any atom is 0.192 e. The summed E-state index contributed by atoms with van der Waals surface area (Å²) in [5.41, 5.74) is 9.49. The summed E-state index contributed by atoms with van der Waals surface area (Å²) in [6.45, 7) is 4.46. The lowest BCUT2D eigenvalue weighted by Gasteiger charge is -1.95. The Kier molecular flexibility index (Phi) is 30.2. The molecule has 0 aromatic carbocycles. The number of guanidine groups is 2. The second-order valence-corrected chi connectivity index (χ2v) is 2.66. The molecule has 0 rings (SSSR count). The number of rotatable bonds is 3. The highest BCUT2D eigenvalue weighted by Crippen LogP contribution is 1.95. The summed E-state index contributed by atoms with van der Waals surface area (Å²) in [4.78, 5) is 0. The van der Waals surface area contributed by atoms with Gasteiger partial charge in [-0.05, 0) is 0 Å². The molecule has 0 aromatic heterocycles. The molecule has 0 bridgehead atoms. The lowest BCUT2D eigenvalue weighted by Crippen LogP contribution is -2.39. The average molecular weight is 260 g/mol. The van der Waals surface area contributed by atoms with Gasteiger partial charge in [0.15, 0.2) is 11.9 Å². The fourth-order valence-corrected chi connectivity index (χ4v) is 0.645. The molecule has 0 saturated carbocycles. The van der Waals surface area contributed by atoms with Crippen molar-refractivity contribution in [2.24, 2.45) is 11.5 Å². The predicted molar refractivity (Wildman–Crippen MR) is 71.3 cm³/mol. The van der Waals surface area contributed by atoms with Gasteiger partial charge in [-0.25, -0.2) is 0 Å². The Morgan fingerprint density at radius 1 is 0.933 bits per heavy atom. The van der Waals surface area contributed by atoms with Crippen molar-refractivity contribution in [3.8, 4) is 0 Å². The minimum atomic E-state index is -0.312. The van der Waals surface area contributed by atoms with Crippen molar-refractivity contribution < 1.29 is 0 Å². The van der Waals surface area contributed by atoms with Crippen molar-refractivity contribution >= 4 is 36.7 Å². The van der Waals surface area contributed by atoms with Crippen LogP contribution >= 0.6 is 24.8 Å². The minimum absolute atomic E-state index is 0. The van der Waals surface area contributed by atoms with Crippen molar-refractivity contribution in [1.82, 2.24) is 5.32 Å². The van der Waals surface area contributed by atoms with Crippen LogP contribution in [0.1, 0.15) is 39.5 Å². The molecule has 15 heavy (non-hydrogen) atoms. The highest BCUT2D eigenvalue weighted by atomic mass is 35.5. The van der Waals surface area contributed by atoms with Crippen LogP contribution in [-0.4, -0.2) is 11.9 Å². The molecule has 0 aliphatic rings. The van der Waals surface area contributed by atoms with Gasteiger partial charge in [0.05, 0.1) is 0 Å². The molecule has 0 aromatic rings. The SMILES string of the molecule is CCCCCC.Cl.Cl.N=C(N)NC(=N)N. The fraction of sp³-hybridized carbons (Fsp3) is 0.750. The van der Waals surface area contributed by atoms with Gasteiger partial charge in [-0.1, -0.05) is 39.5 Å². The third-order valence-corrected chi connectivity index (χ3v) is 1.23. The van der Waals surface area contributed by atoms with Gasteiger partial charge in [-0.15, -0.1) is 24.8 Å². The van der Waals surface area contributed by atoms with Crippen LogP contribution in [0.2, 0.25) is 0 Å². The second-order valence-electron chi connectivity index (χ2n) is 2.66. The van der Waals surface area contributed by atoms with Crippen molar-refractivity contribution in [2.75, 3.05) is 0 Å². The standard InChI is InChI=1S/C6H14.C2H7N5.2ClH/c1-3-5-6-4-2;3-1(4)7-2(5)6;;/h3-6H2,1-2H3;(H7,3,4,5,6,7);2*1H. The van der Waals surface area contributed by atoms with E-state index >= 15 is 0 Å². The van der Waals surface area contributed by atoms with Crippen molar-refractivity contribution in [3.63, 3.8) is 0 Å². The van der Waals surface area contributed by atoms with Gasteiger partial charge in [0, 0.05) is 0 Å². The Hall–Kier alpha value is -0.680. The fourth-order valence-electron chi connectivity index (χ4n) is 0.645. The zero-order valence-corrected chi connectivity index (χ0v) is 10.9. The summed E-state index contributed by atoms with van der Waals surface area (Å²) in [6, 6.07) is 0. The summed E-state index contributed by atoms with van der Waals surface area (Å²) in [6.07, 6.45) is 5.54. The Morgan fingerprint density at radius 3 is 1.27 bits per heavy atom. The summed E-state index contributed by atoms with van der Waals surface area (Å²) >= 11 is 0. The molecule has 7 heteroatoms. The van der Waals surface area contributed by atoms with Crippen LogP contribution in [0.5, 0.6) is 0 Å². The highest BCUT2D eigenvalue weighted by Gasteiger charge is 1.83. The zero-order chi connectivity index (χ0) is 10.7. The van der Waals surface area contributed by atoms with Gasteiger partial charge >= 0.3 is 0 Å². The number of nitrogens with one attached hydrogen (secondary N) is 3. The summed E-state index contributed by atoms with van der Waals surface area (Å²) in [5, 5.41) is 15.0. The van der Waals surface area contributed by atoms with Gasteiger partial charge in [-0.2, -0.15) is 0 Å². The maximum absolute atomic E-state index is 6.47. The lowest BCUT2D eigenvalue weighted by molar-refractivity contribution is 0.702. The molecule has 0 atom stereocenters. The van der Waals surface area contributed by atoms with Gasteiger partial charge in [-0.3, -0.25) is 16.1 Å². The third-order valence-electron chi connectivity index (χ3n) is 1.23. The van der Waals surface area contributed by atoms with Crippen molar-refractivity contribution in [1.29, 1.82) is 10.8 Å². The van der Waals surface area contributed by atoms with Gasteiger partial charge in [0.1, 0.15) is 0 Å². The number of hydrogen-bond acceptors (Lipinski definition) is 2. The van der Waals surface area contributed by atoms with Crippen molar-refractivity contribution in [2.45, 2.75) is 39.5 Å². The van der Waals surface area contributed by atoms with Crippen molar-refractivity contribution in [3.05, 3.63) is 0 Å². The monoisotopic (exact) mass is 259 g/mol.